The number of likely N-dealkylation sites (tertiary alicyclic amines) is 1. The van der Waals surface area contributed by atoms with Crippen LogP contribution in [-0.4, -0.2) is 51.9 Å². The number of fused-ring (bicyclic) bond motifs is 1. The number of likely N-dealkylation sites (N-methyl/N-ethyl adjacent to an activating group) is 1. The van der Waals surface area contributed by atoms with Crippen LogP contribution < -0.4 is 16.6 Å². The van der Waals surface area contributed by atoms with Crippen LogP contribution in [0.4, 0.5) is 0 Å². The van der Waals surface area contributed by atoms with Crippen LogP contribution in [0.25, 0.3) is 11.0 Å². The second-order valence-corrected chi connectivity index (χ2v) is 5.41. The normalized spacial score (nSPS) is 17.0. The minimum Gasteiger partial charge on any atom is -0.337 e. The van der Waals surface area contributed by atoms with Gasteiger partial charge in [0.25, 0.3) is 11.5 Å². The van der Waals surface area contributed by atoms with Gasteiger partial charge in [0.1, 0.15) is 5.65 Å². The molecular weight excluding hydrogens is 357 g/mol. The Morgan fingerprint density at radius 1 is 1.33 bits per heavy atom. The molecule has 1 fully saturated rings. The lowest BCUT2D eigenvalue weighted by molar-refractivity contribution is 0.0698. The Kier molecular flexibility index (Phi) is 6.94. The SMILES string of the molecule is CNC1CCCN(C(=O)c2cnc3[nH]c(=O)[nH]c(=O)c3c2)C1.Cl.Cl. The van der Waals surface area contributed by atoms with Crippen molar-refractivity contribution in [2.45, 2.75) is 18.9 Å². The molecule has 1 atom stereocenters. The van der Waals surface area contributed by atoms with Crippen molar-refractivity contribution in [3.63, 3.8) is 0 Å². The van der Waals surface area contributed by atoms with E-state index in [0.717, 1.165) is 12.8 Å². The van der Waals surface area contributed by atoms with Gasteiger partial charge in [0, 0.05) is 25.3 Å². The summed E-state index contributed by atoms with van der Waals surface area (Å²) in [5.74, 6) is -0.153. The minimum absolute atomic E-state index is 0. The van der Waals surface area contributed by atoms with Crippen molar-refractivity contribution in [1.29, 1.82) is 0 Å². The molecule has 3 N–H and O–H groups in total. The number of aromatic nitrogens is 3. The van der Waals surface area contributed by atoms with Crippen molar-refractivity contribution in [3.8, 4) is 0 Å². The van der Waals surface area contributed by atoms with Crippen LogP contribution in [0.1, 0.15) is 23.2 Å². The molecule has 8 nitrogen and oxygen atoms in total. The van der Waals surface area contributed by atoms with Crippen molar-refractivity contribution in [3.05, 3.63) is 38.7 Å². The predicted octanol–water partition coefficient (Wildman–Crippen LogP) is 0.279. The van der Waals surface area contributed by atoms with Crippen molar-refractivity contribution in [2.24, 2.45) is 0 Å². The summed E-state index contributed by atoms with van der Waals surface area (Å²) >= 11 is 0. The quantitative estimate of drug-likeness (QED) is 0.697. The second-order valence-electron chi connectivity index (χ2n) is 5.41. The molecule has 0 bridgehead atoms. The number of H-pyrrole nitrogens is 2. The third kappa shape index (κ3) is 3.95. The van der Waals surface area contributed by atoms with E-state index in [0.29, 0.717) is 18.7 Å². The average Bonchev–Trinajstić information content (AvgIpc) is 2.54. The van der Waals surface area contributed by atoms with Gasteiger partial charge in [-0.1, -0.05) is 0 Å². The van der Waals surface area contributed by atoms with Crippen LogP contribution in [0.15, 0.2) is 21.9 Å². The first kappa shape index (κ1) is 20.1. The van der Waals surface area contributed by atoms with E-state index in [1.54, 1.807) is 4.90 Å². The van der Waals surface area contributed by atoms with Crippen molar-refractivity contribution in [1.82, 2.24) is 25.2 Å². The molecule has 0 radical (unpaired) electrons. The van der Waals surface area contributed by atoms with Gasteiger partial charge >= 0.3 is 5.69 Å². The van der Waals surface area contributed by atoms with Gasteiger partial charge in [-0.05, 0) is 26.0 Å². The van der Waals surface area contributed by atoms with E-state index in [2.05, 4.69) is 20.3 Å². The smallest absolute Gasteiger partial charge is 0.327 e. The molecule has 24 heavy (non-hydrogen) atoms. The second kappa shape index (κ2) is 8.27. The van der Waals surface area contributed by atoms with Gasteiger partial charge < -0.3 is 10.2 Å². The van der Waals surface area contributed by atoms with Crippen LogP contribution in [-0.2, 0) is 0 Å². The lowest BCUT2D eigenvalue weighted by atomic mass is 10.0. The maximum absolute atomic E-state index is 12.6. The number of carbonyl (C=O) groups excluding carboxylic acids is 1. The van der Waals surface area contributed by atoms with E-state index < -0.39 is 11.2 Å². The lowest BCUT2D eigenvalue weighted by Gasteiger charge is -2.32. The first-order chi connectivity index (χ1) is 10.6. The number of hydrogen-bond acceptors (Lipinski definition) is 5. The third-order valence-electron chi connectivity index (χ3n) is 3.96. The van der Waals surface area contributed by atoms with Gasteiger partial charge in [-0.15, -0.1) is 24.8 Å². The molecule has 132 valence electrons. The number of rotatable bonds is 2. The Bertz CT molecular complexity index is 835. The molecule has 1 saturated heterocycles. The largest absolute Gasteiger partial charge is 0.337 e. The molecule has 3 rings (SSSR count). The van der Waals surface area contributed by atoms with Gasteiger partial charge in [0.15, 0.2) is 0 Å². The van der Waals surface area contributed by atoms with Crippen LogP contribution in [0.5, 0.6) is 0 Å². The molecule has 0 aromatic carbocycles. The summed E-state index contributed by atoms with van der Waals surface area (Å²) < 4.78 is 0. The lowest BCUT2D eigenvalue weighted by Crippen LogP contribution is -2.47. The van der Waals surface area contributed by atoms with Crippen LogP contribution in [0, 0.1) is 0 Å². The molecule has 2 aromatic heterocycles. The van der Waals surface area contributed by atoms with Gasteiger partial charge in [-0.3, -0.25) is 19.6 Å². The topological polar surface area (TPSA) is 111 Å². The zero-order valence-electron chi connectivity index (χ0n) is 13.0. The number of amides is 1. The van der Waals surface area contributed by atoms with Crippen molar-refractivity contribution < 1.29 is 4.79 Å². The zero-order chi connectivity index (χ0) is 15.7. The summed E-state index contributed by atoms with van der Waals surface area (Å²) in [6.07, 6.45) is 3.37. The van der Waals surface area contributed by atoms with E-state index in [1.807, 2.05) is 7.05 Å². The highest BCUT2D eigenvalue weighted by atomic mass is 35.5. The number of hydrogen-bond donors (Lipinski definition) is 3. The predicted molar refractivity (Wildman–Crippen MR) is 95.5 cm³/mol. The number of carbonyl (C=O) groups is 1. The highest BCUT2D eigenvalue weighted by molar-refractivity contribution is 5.96. The molecule has 3 heterocycles. The summed E-state index contributed by atoms with van der Waals surface area (Å²) in [5, 5.41) is 3.38. The third-order valence-corrected chi connectivity index (χ3v) is 3.96. The minimum atomic E-state index is -0.614. The van der Waals surface area contributed by atoms with Gasteiger partial charge in [-0.2, -0.15) is 0 Å². The molecule has 1 aliphatic rings. The molecule has 10 heteroatoms. The molecule has 2 aromatic rings. The standard InChI is InChI=1S/C14H17N5O3.2ClH/c1-15-9-3-2-4-19(7-9)13(21)8-5-10-11(16-6-8)17-14(22)18-12(10)20;;/h5-6,9,15H,2-4,7H2,1H3,(H2,16,17,18,20,22);2*1H. The average molecular weight is 376 g/mol. The first-order valence-electron chi connectivity index (χ1n) is 7.17. The number of nitrogens with one attached hydrogen (secondary N) is 3. The van der Waals surface area contributed by atoms with Crippen LogP contribution in [0.2, 0.25) is 0 Å². The van der Waals surface area contributed by atoms with Crippen LogP contribution in [0.3, 0.4) is 0 Å². The van der Waals surface area contributed by atoms with Crippen LogP contribution >= 0.6 is 24.8 Å². The first-order valence-corrected chi connectivity index (χ1v) is 7.17. The Balaban J connectivity index is 0.00000144. The molecular formula is C14H19Cl2N5O3. The Morgan fingerprint density at radius 2 is 2.08 bits per heavy atom. The Labute approximate surface area is 149 Å². The Morgan fingerprint density at radius 3 is 2.79 bits per heavy atom. The molecule has 0 saturated carbocycles. The van der Waals surface area contributed by atoms with E-state index in [4.69, 9.17) is 0 Å². The van der Waals surface area contributed by atoms with E-state index >= 15 is 0 Å². The number of halogens is 2. The summed E-state index contributed by atoms with van der Waals surface area (Å²) in [4.78, 5) is 45.9. The van der Waals surface area contributed by atoms with Crippen molar-refractivity contribution in [2.75, 3.05) is 20.1 Å². The maximum Gasteiger partial charge on any atom is 0.327 e. The van der Waals surface area contributed by atoms with Crippen molar-refractivity contribution >= 4 is 41.8 Å². The fraction of sp³-hybridized carbons (Fsp3) is 0.429. The monoisotopic (exact) mass is 375 g/mol. The van der Waals surface area contributed by atoms with Gasteiger partial charge in [0.05, 0.1) is 10.9 Å². The molecule has 1 amide bonds. The molecule has 1 unspecified atom stereocenters. The number of pyridine rings is 1. The van der Waals surface area contributed by atoms with E-state index in [1.165, 1.54) is 12.3 Å². The van der Waals surface area contributed by atoms with Gasteiger partial charge in [-0.25, -0.2) is 9.78 Å². The molecule has 0 aliphatic carbocycles. The fourth-order valence-corrected chi connectivity index (χ4v) is 2.74. The summed E-state index contributed by atoms with van der Waals surface area (Å²) in [7, 11) is 1.88. The molecule has 0 spiro atoms. The fourth-order valence-electron chi connectivity index (χ4n) is 2.74. The summed E-state index contributed by atoms with van der Waals surface area (Å²) in [6, 6.07) is 1.76. The number of aromatic amines is 2. The Hall–Kier alpha value is -1.90. The van der Waals surface area contributed by atoms with Gasteiger partial charge in [0.2, 0.25) is 0 Å². The summed E-state index contributed by atoms with van der Waals surface area (Å²) in [6.45, 7) is 1.33. The zero-order valence-corrected chi connectivity index (χ0v) is 14.6. The highest BCUT2D eigenvalue weighted by Gasteiger charge is 2.24. The van der Waals surface area contributed by atoms with E-state index in [9.17, 15) is 14.4 Å². The number of piperidine rings is 1. The highest BCUT2D eigenvalue weighted by Crippen LogP contribution is 2.14. The van der Waals surface area contributed by atoms with E-state index in [-0.39, 0.29) is 47.8 Å². The maximum atomic E-state index is 12.6. The number of nitrogens with zero attached hydrogens (tertiary/aromatic N) is 2. The summed E-state index contributed by atoms with van der Waals surface area (Å²) in [5.41, 5.74) is -0.636. The molecule has 1 aliphatic heterocycles.